The molecule has 0 aliphatic rings. The quantitative estimate of drug-likeness (QED) is 0.744. The molecule has 126 valence electrons. The van der Waals surface area contributed by atoms with Crippen LogP contribution in [-0.4, -0.2) is 22.8 Å². The second kappa shape index (κ2) is 6.92. The van der Waals surface area contributed by atoms with E-state index in [9.17, 15) is 9.59 Å². The van der Waals surface area contributed by atoms with Crippen molar-refractivity contribution >= 4 is 21.6 Å². The highest BCUT2D eigenvalue weighted by molar-refractivity contribution is 7.17. The molecule has 0 unspecified atom stereocenters. The molecule has 0 saturated heterocycles. The molecule has 7 heteroatoms. The van der Waals surface area contributed by atoms with Crippen LogP contribution in [0.25, 0.3) is 10.2 Å². The normalized spacial score (nSPS) is 10.9. The molecule has 0 atom stereocenters. The van der Waals surface area contributed by atoms with Gasteiger partial charge in [-0.05, 0) is 43.0 Å². The Morgan fingerprint density at radius 3 is 2.58 bits per heavy atom. The molecule has 1 aromatic carbocycles. The highest BCUT2D eigenvalue weighted by atomic mass is 32.1. The van der Waals surface area contributed by atoms with E-state index in [-0.39, 0.29) is 12.1 Å². The molecule has 0 fully saturated rings. The van der Waals surface area contributed by atoms with Crippen LogP contribution >= 0.6 is 11.3 Å². The molecule has 6 nitrogen and oxygen atoms in total. The van der Waals surface area contributed by atoms with E-state index in [0.29, 0.717) is 34.9 Å². The number of benzene rings is 1. The summed E-state index contributed by atoms with van der Waals surface area (Å²) < 4.78 is 12.9. The van der Waals surface area contributed by atoms with Crippen LogP contribution in [0.2, 0.25) is 0 Å². The Balaban J connectivity index is 2.01. The zero-order chi connectivity index (χ0) is 17.1. The van der Waals surface area contributed by atoms with Gasteiger partial charge in [-0.15, -0.1) is 11.3 Å². The second-order valence-corrected chi connectivity index (χ2v) is 6.05. The largest absolute Gasteiger partial charge is 0.490 e. The summed E-state index contributed by atoms with van der Waals surface area (Å²) in [4.78, 5) is 27.4. The van der Waals surface area contributed by atoms with E-state index >= 15 is 0 Å². The van der Waals surface area contributed by atoms with Crippen molar-refractivity contribution in [3.63, 3.8) is 0 Å². The Hall–Kier alpha value is -2.54. The van der Waals surface area contributed by atoms with Gasteiger partial charge in [-0.1, -0.05) is 6.07 Å². The van der Waals surface area contributed by atoms with Crippen molar-refractivity contribution < 1.29 is 9.47 Å². The van der Waals surface area contributed by atoms with E-state index in [4.69, 9.17) is 9.47 Å². The summed E-state index contributed by atoms with van der Waals surface area (Å²) in [6, 6.07) is 7.17. The number of rotatable bonds is 6. The topological polar surface area (TPSA) is 73.3 Å². The minimum absolute atomic E-state index is 0.175. The zero-order valence-corrected chi connectivity index (χ0v) is 14.3. The number of hydrogen-bond acceptors (Lipinski definition) is 5. The molecule has 0 spiro atoms. The summed E-state index contributed by atoms with van der Waals surface area (Å²) in [5.74, 6) is 1.26. The third-order valence-electron chi connectivity index (χ3n) is 3.54. The first-order valence-electron chi connectivity index (χ1n) is 7.72. The Kier molecular flexibility index (Phi) is 4.71. The molecule has 0 radical (unpaired) electrons. The van der Waals surface area contributed by atoms with Gasteiger partial charge in [-0.25, -0.2) is 4.79 Å². The molecule has 2 aromatic heterocycles. The van der Waals surface area contributed by atoms with Gasteiger partial charge in [-0.3, -0.25) is 9.36 Å². The van der Waals surface area contributed by atoms with Crippen LogP contribution in [0.15, 0.2) is 39.2 Å². The fraction of sp³-hybridized carbons (Fsp3) is 0.294. The lowest BCUT2D eigenvalue weighted by molar-refractivity contribution is 0.287. The number of thiophene rings is 1. The van der Waals surface area contributed by atoms with Crippen molar-refractivity contribution in [2.45, 2.75) is 20.4 Å². The smallest absolute Gasteiger partial charge is 0.329 e. The molecule has 0 bridgehead atoms. The summed E-state index contributed by atoms with van der Waals surface area (Å²) in [7, 11) is 0. The van der Waals surface area contributed by atoms with E-state index in [1.54, 1.807) is 23.6 Å². The number of hydrogen-bond donors (Lipinski definition) is 1. The molecule has 1 N–H and O–H groups in total. The van der Waals surface area contributed by atoms with Crippen LogP contribution in [-0.2, 0) is 6.54 Å². The predicted molar refractivity (Wildman–Crippen MR) is 94.6 cm³/mol. The van der Waals surface area contributed by atoms with Crippen LogP contribution in [0.1, 0.15) is 19.4 Å². The molecule has 2 heterocycles. The lowest BCUT2D eigenvalue weighted by atomic mass is 10.2. The van der Waals surface area contributed by atoms with Crippen LogP contribution in [0, 0.1) is 0 Å². The summed E-state index contributed by atoms with van der Waals surface area (Å²) >= 11 is 1.32. The van der Waals surface area contributed by atoms with Gasteiger partial charge in [0.1, 0.15) is 4.70 Å². The highest BCUT2D eigenvalue weighted by Gasteiger charge is 2.11. The van der Waals surface area contributed by atoms with Gasteiger partial charge in [0.15, 0.2) is 11.5 Å². The van der Waals surface area contributed by atoms with Crippen molar-refractivity contribution in [2.75, 3.05) is 13.2 Å². The second-order valence-electron chi connectivity index (χ2n) is 5.13. The molecule has 24 heavy (non-hydrogen) atoms. The SMILES string of the molecule is CCOc1ccc(Cn2c(=O)[nH]c3ccsc3c2=O)cc1OCC. The molecule has 3 aromatic rings. The maximum absolute atomic E-state index is 12.5. The zero-order valence-electron chi connectivity index (χ0n) is 13.5. The Labute approximate surface area is 142 Å². The van der Waals surface area contributed by atoms with Crippen LogP contribution in [0.5, 0.6) is 11.5 Å². The van der Waals surface area contributed by atoms with Crippen LogP contribution in [0.4, 0.5) is 0 Å². The number of nitrogens with zero attached hydrogens (tertiary/aromatic N) is 1. The van der Waals surface area contributed by atoms with Gasteiger partial charge in [0.25, 0.3) is 5.56 Å². The number of aromatic amines is 1. The van der Waals surface area contributed by atoms with Crippen LogP contribution < -0.4 is 20.7 Å². The van der Waals surface area contributed by atoms with E-state index < -0.39 is 5.69 Å². The minimum Gasteiger partial charge on any atom is -0.490 e. The van der Waals surface area contributed by atoms with Gasteiger partial charge < -0.3 is 14.5 Å². The molecule has 0 amide bonds. The van der Waals surface area contributed by atoms with E-state index in [1.807, 2.05) is 19.9 Å². The first kappa shape index (κ1) is 16.3. The van der Waals surface area contributed by atoms with Gasteiger partial charge >= 0.3 is 5.69 Å². The maximum atomic E-state index is 12.5. The van der Waals surface area contributed by atoms with Gasteiger partial charge in [0, 0.05) is 0 Å². The molecular weight excluding hydrogens is 328 g/mol. The van der Waals surface area contributed by atoms with E-state index in [2.05, 4.69) is 4.98 Å². The Morgan fingerprint density at radius 1 is 1.08 bits per heavy atom. The minimum atomic E-state index is -0.419. The fourth-order valence-corrected chi connectivity index (χ4v) is 3.29. The fourth-order valence-electron chi connectivity index (χ4n) is 2.49. The Morgan fingerprint density at radius 2 is 1.83 bits per heavy atom. The first-order chi connectivity index (χ1) is 11.6. The standard InChI is InChI=1S/C17H18N2O4S/c1-3-22-13-6-5-11(9-14(13)23-4-2)10-19-16(20)15-12(7-8-24-15)18-17(19)21/h5-9H,3-4,10H2,1-2H3,(H,18,21). The average molecular weight is 346 g/mol. The maximum Gasteiger partial charge on any atom is 0.329 e. The van der Waals surface area contributed by atoms with Gasteiger partial charge in [0.05, 0.1) is 25.3 Å². The molecule has 0 saturated carbocycles. The number of nitrogens with one attached hydrogen (secondary N) is 1. The van der Waals surface area contributed by atoms with Crippen LogP contribution in [0.3, 0.4) is 0 Å². The average Bonchev–Trinajstić information content (AvgIpc) is 3.02. The van der Waals surface area contributed by atoms with E-state index in [1.165, 1.54) is 15.9 Å². The summed E-state index contributed by atoms with van der Waals surface area (Å²) in [6.45, 7) is 5.01. The summed E-state index contributed by atoms with van der Waals surface area (Å²) in [5, 5.41) is 1.79. The third-order valence-corrected chi connectivity index (χ3v) is 4.44. The molecule has 3 rings (SSSR count). The van der Waals surface area contributed by atoms with Crippen molar-refractivity contribution in [1.29, 1.82) is 0 Å². The number of ether oxygens (including phenoxy) is 2. The monoisotopic (exact) mass is 346 g/mol. The molecular formula is C17H18N2O4S. The molecule has 0 aliphatic heterocycles. The summed E-state index contributed by atoms with van der Waals surface area (Å²) in [6.07, 6.45) is 0. The summed E-state index contributed by atoms with van der Waals surface area (Å²) in [5.41, 5.74) is 0.673. The lowest BCUT2D eigenvalue weighted by Gasteiger charge is -2.13. The number of H-pyrrole nitrogens is 1. The number of fused-ring (bicyclic) bond motifs is 1. The van der Waals surface area contributed by atoms with Crippen molar-refractivity contribution in [2.24, 2.45) is 0 Å². The van der Waals surface area contributed by atoms with Crippen molar-refractivity contribution in [3.05, 3.63) is 56.0 Å². The number of aromatic nitrogens is 2. The predicted octanol–water partition coefficient (Wildman–Crippen LogP) is 2.60. The lowest BCUT2D eigenvalue weighted by Crippen LogP contribution is -2.34. The van der Waals surface area contributed by atoms with Crippen molar-refractivity contribution in [1.82, 2.24) is 9.55 Å². The molecule has 0 aliphatic carbocycles. The van der Waals surface area contributed by atoms with E-state index in [0.717, 1.165) is 5.56 Å². The van der Waals surface area contributed by atoms with Gasteiger partial charge in [-0.2, -0.15) is 0 Å². The third kappa shape index (κ3) is 3.07. The first-order valence-corrected chi connectivity index (χ1v) is 8.60. The van der Waals surface area contributed by atoms with Gasteiger partial charge in [0.2, 0.25) is 0 Å². The highest BCUT2D eigenvalue weighted by Crippen LogP contribution is 2.28. The Bertz CT molecular complexity index is 971. The van der Waals surface area contributed by atoms with Crippen molar-refractivity contribution in [3.8, 4) is 11.5 Å².